The van der Waals surface area contributed by atoms with Crippen molar-refractivity contribution in [2.24, 2.45) is 0 Å². The van der Waals surface area contributed by atoms with Crippen molar-refractivity contribution in [3.05, 3.63) is 60.2 Å². The van der Waals surface area contributed by atoms with Gasteiger partial charge >= 0.3 is 0 Å². The molecule has 0 spiro atoms. The van der Waals surface area contributed by atoms with Crippen LogP contribution in [0.4, 0.5) is 0 Å². The van der Waals surface area contributed by atoms with E-state index in [0.29, 0.717) is 26.2 Å². The minimum atomic E-state index is -0.0121. The Morgan fingerprint density at radius 1 is 1.08 bits per heavy atom. The minimum absolute atomic E-state index is 0.0121. The minimum Gasteiger partial charge on any atom is -0.457 e. The van der Waals surface area contributed by atoms with Crippen molar-refractivity contribution < 1.29 is 19.0 Å². The molecule has 0 radical (unpaired) electrons. The molecule has 1 aliphatic heterocycles. The van der Waals surface area contributed by atoms with Crippen LogP contribution in [0.25, 0.3) is 0 Å². The summed E-state index contributed by atoms with van der Waals surface area (Å²) in [4.78, 5) is 11.9. The van der Waals surface area contributed by atoms with E-state index in [1.165, 1.54) is 0 Å². The van der Waals surface area contributed by atoms with Crippen molar-refractivity contribution in [3.63, 3.8) is 0 Å². The highest BCUT2D eigenvalue weighted by Gasteiger charge is 2.15. The molecule has 0 bridgehead atoms. The fourth-order valence-electron chi connectivity index (χ4n) is 2.74. The highest BCUT2D eigenvalue weighted by molar-refractivity contribution is 5.75. The molecule has 1 aliphatic rings. The zero-order chi connectivity index (χ0) is 18.0. The molecule has 1 N–H and O–H groups in total. The first-order valence-electron chi connectivity index (χ1n) is 9.07. The zero-order valence-electron chi connectivity index (χ0n) is 14.9. The lowest BCUT2D eigenvalue weighted by Crippen LogP contribution is -2.24. The van der Waals surface area contributed by atoms with Crippen molar-refractivity contribution >= 4 is 5.91 Å². The summed E-state index contributed by atoms with van der Waals surface area (Å²) in [7, 11) is 0. The second-order valence-corrected chi connectivity index (χ2v) is 6.30. The molecular formula is C21H25NO4. The van der Waals surface area contributed by atoms with Gasteiger partial charge in [0.15, 0.2) is 0 Å². The number of ether oxygens (including phenoxy) is 3. The monoisotopic (exact) mass is 355 g/mol. The third-order valence-electron chi connectivity index (χ3n) is 4.19. The molecule has 1 amide bonds. The van der Waals surface area contributed by atoms with Gasteiger partial charge < -0.3 is 19.5 Å². The van der Waals surface area contributed by atoms with Gasteiger partial charge in [0, 0.05) is 19.6 Å². The van der Waals surface area contributed by atoms with Crippen LogP contribution in [0.2, 0.25) is 0 Å². The number of carbonyl (C=O) groups excluding carboxylic acids is 1. The van der Waals surface area contributed by atoms with Crippen LogP contribution >= 0.6 is 0 Å². The lowest BCUT2D eigenvalue weighted by atomic mass is 10.2. The van der Waals surface area contributed by atoms with E-state index in [2.05, 4.69) is 5.32 Å². The van der Waals surface area contributed by atoms with Gasteiger partial charge in [-0.05, 0) is 42.7 Å². The van der Waals surface area contributed by atoms with E-state index in [1.54, 1.807) is 0 Å². The van der Waals surface area contributed by atoms with Crippen LogP contribution in [-0.4, -0.2) is 31.8 Å². The molecule has 0 aromatic heterocycles. The number of benzene rings is 2. The summed E-state index contributed by atoms with van der Waals surface area (Å²) < 4.78 is 16.7. The Bertz CT molecular complexity index is 666. The average Bonchev–Trinajstić information content (AvgIpc) is 3.19. The third kappa shape index (κ3) is 6.17. The third-order valence-corrected chi connectivity index (χ3v) is 4.19. The van der Waals surface area contributed by atoms with Crippen molar-refractivity contribution in [1.82, 2.24) is 5.32 Å². The first kappa shape index (κ1) is 18.4. The van der Waals surface area contributed by atoms with E-state index < -0.39 is 0 Å². The summed E-state index contributed by atoms with van der Waals surface area (Å²) in [6.45, 7) is 2.32. The molecule has 1 fully saturated rings. The van der Waals surface area contributed by atoms with E-state index >= 15 is 0 Å². The van der Waals surface area contributed by atoms with E-state index in [1.807, 2.05) is 54.6 Å². The van der Waals surface area contributed by atoms with Gasteiger partial charge in [-0.25, -0.2) is 0 Å². The largest absolute Gasteiger partial charge is 0.457 e. The number of rotatable bonds is 9. The predicted octanol–water partition coefficient (Wildman–Crippen LogP) is 3.68. The molecule has 138 valence electrons. The fraction of sp³-hybridized carbons (Fsp3) is 0.381. The SMILES string of the molecule is O=C(CCOCC1CCCO1)NCc1ccc(Oc2ccccc2)cc1. The summed E-state index contributed by atoms with van der Waals surface area (Å²) in [6, 6.07) is 17.3. The van der Waals surface area contributed by atoms with Crippen LogP contribution in [0.15, 0.2) is 54.6 Å². The maximum atomic E-state index is 11.9. The second kappa shape index (κ2) is 9.94. The van der Waals surface area contributed by atoms with Gasteiger partial charge in [0.25, 0.3) is 0 Å². The predicted molar refractivity (Wildman–Crippen MR) is 99.2 cm³/mol. The first-order valence-corrected chi connectivity index (χ1v) is 9.07. The van der Waals surface area contributed by atoms with Crippen LogP contribution in [0.3, 0.4) is 0 Å². The Hall–Kier alpha value is -2.37. The zero-order valence-corrected chi connectivity index (χ0v) is 14.9. The first-order chi connectivity index (χ1) is 12.8. The topological polar surface area (TPSA) is 56.8 Å². The lowest BCUT2D eigenvalue weighted by molar-refractivity contribution is -0.122. The van der Waals surface area contributed by atoms with Crippen LogP contribution in [0.1, 0.15) is 24.8 Å². The van der Waals surface area contributed by atoms with Crippen LogP contribution < -0.4 is 10.1 Å². The van der Waals surface area contributed by atoms with Crippen LogP contribution in [-0.2, 0) is 20.8 Å². The Morgan fingerprint density at radius 2 is 1.85 bits per heavy atom. The maximum absolute atomic E-state index is 11.9. The van der Waals surface area contributed by atoms with Gasteiger partial charge in [0.05, 0.1) is 19.3 Å². The highest BCUT2D eigenvalue weighted by Crippen LogP contribution is 2.21. The molecule has 26 heavy (non-hydrogen) atoms. The Labute approximate surface area is 154 Å². The van der Waals surface area contributed by atoms with Crippen molar-refractivity contribution in [3.8, 4) is 11.5 Å². The smallest absolute Gasteiger partial charge is 0.222 e. The lowest BCUT2D eigenvalue weighted by Gasteiger charge is -2.10. The quantitative estimate of drug-likeness (QED) is 0.697. The Morgan fingerprint density at radius 3 is 2.58 bits per heavy atom. The summed E-state index contributed by atoms with van der Waals surface area (Å²) >= 11 is 0. The van der Waals surface area contributed by atoms with Crippen LogP contribution in [0.5, 0.6) is 11.5 Å². The summed E-state index contributed by atoms with van der Waals surface area (Å²) in [5, 5.41) is 2.91. The molecule has 5 nitrogen and oxygen atoms in total. The highest BCUT2D eigenvalue weighted by atomic mass is 16.5. The number of carbonyl (C=O) groups is 1. The van der Waals surface area contributed by atoms with Gasteiger partial charge in [-0.2, -0.15) is 0 Å². The van der Waals surface area contributed by atoms with E-state index in [9.17, 15) is 4.79 Å². The molecule has 1 unspecified atom stereocenters. The Kier molecular flexibility index (Phi) is 7.05. The number of amides is 1. The van der Waals surface area contributed by atoms with Gasteiger partial charge in [-0.15, -0.1) is 0 Å². The molecule has 1 heterocycles. The van der Waals surface area contributed by atoms with E-state index in [4.69, 9.17) is 14.2 Å². The van der Waals surface area contributed by atoms with Crippen molar-refractivity contribution in [2.75, 3.05) is 19.8 Å². The summed E-state index contributed by atoms with van der Waals surface area (Å²) in [6.07, 6.45) is 2.72. The molecule has 2 aromatic carbocycles. The summed E-state index contributed by atoms with van der Waals surface area (Å²) in [5.74, 6) is 1.56. The van der Waals surface area contributed by atoms with E-state index in [-0.39, 0.29) is 12.0 Å². The van der Waals surface area contributed by atoms with Gasteiger partial charge in [-0.3, -0.25) is 4.79 Å². The maximum Gasteiger partial charge on any atom is 0.222 e. The van der Waals surface area contributed by atoms with Gasteiger partial charge in [0.2, 0.25) is 5.91 Å². The van der Waals surface area contributed by atoms with E-state index in [0.717, 1.165) is 36.5 Å². The molecule has 1 saturated heterocycles. The molecule has 0 saturated carbocycles. The molecule has 5 heteroatoms. The number of hydrogen-bond donors (Lipinski definition) is 1. The average molecular weight is 355 g/mol. The molecule has 3 rings (SSSR count). The Balaban J connectivity index is 1.33. The molecular weight excluding hydrogens is 330 g/mol. The van der Waals surface area contributed by atoms with Crippen molar-refractivity contribution in [2.45, 2.75) is 31.9 Å². The standard InChI is InChI=1S/C21H25NO4/c23-21(12-14-24-16-20-7-4-13-25-20)22-15-17-8-10-19(11-9-17)26-18-5-2-1-3-6-18/h1-3,5-6,8-11,20H,4,7,12-16H2,(H,22,23). The molecule has 1 atom stereocenters. The van der Waals surface area contributed by atoms with Crippen LogP contribution in [0, 0.1) is 0 Å². The number of para-hydroxylation sites is 1. The summed E-state index contributed by atoms with van der Waals surface area (Å²) in [5.41, 5.74) is 1.03. The van der Waals surface area contributed by atoms with Crippen molar-refractivity contribution in [1.29, 1.82) is 0 Å². The normalized spacial score (nSPS) is 16.4. The molecule has 0 aliphatic carbocycles. The fourth-order valence-corrected chi connectivity index (χ4v) is 2.74. The van der Waals surface area contributed by atoms with Gasteiger partial charge in [0.1, 0.15) is 11.5 Å². The van der Waals surface area contributed by atoms with Gasteiger partial charge in [-0.1, -0.05) is 30.3 Å². The number of nitrogens with one attached hydrogen (secondary N) is 1. The number of hydrogen-bond acceptors (Lipinski definition) is 4. The molecule has 2 aromatic rings. The second-order valence-electron chi connectivity index (χ2n) is 6.30.